The van der Waals surface area contributed by atoms with E-state index in [-0.39, 0.29) is 6.04 Å². The van der Waals surface area contributed by atoms with Crippen LogP contribution in [0.3, 0.4) is 0 Å². The van der Waals surface area contributed by atoms with Gasteiger partial charge in [0.25, 0.3) is 0 Å². The standard InChI is InChI=1S/C15H14Cl3NO/c1-19-14(10-5-3-2-4-6-10)9-20-15-12(17)7-11(16)8-13(15)18/h2-8,14,19H,9H2,1H3. The van der Waals surface area contributed by atoms with Crippen molar-refractivity contribution in [2.24, 2.45) is 0 Å². The largest absolute Gasteiger partial charge is 0.488 e. The van der Waals surface area contributed by atoms with Gasteiger partial charge in [0.05, 0.1) is 16.1 Å². The molecule has 0 aliphatic heterocycles. The molecule has 0 amide bonds. The maximum Gasteiger partial charge on any atom is 0.156 e. The Morgan fingerprint density at radius 3 is 2.20 bits per heavy atom. The fraction of sp³-hybridized carbons (Fsp3) is 0.200. The van der Waals surface area contributed by atoms with Crippen LogP contribution in [0.2, 0.25) is 15.1 Å². The van der Waals surface area contributed by atoms with E-state index >= 15 is 0 Å². The summed E-state index contributed by atoms with van der Waals surface area (Å²) in [6.45, 7) is 0.418. The molecule has 2 aromatic carbocycles. The molecule has 106 valence electrons. The summed E-state index contributed by atoms with van der Waals surface area (Å²) in [5, 5.41) is 4.50. The molecule has 2 rings (SSSR count). The average Bonchev–Trinajstić information content (AvgIpc) is 2.43. The van der Waals surface area contributed by atoms with Gasteiger partial charge in [-0.2, -0.15) is 0 Å². The first-order chi connectivity index (χ1) is 9.61. The second-order valence-corrected chi connectivity index (χ2v) is 5.51. The van der Waals surface area contributed by atoms with E-state index < -0.39 is 0 Å². The molecule has 1 N–H and O–H groups in total. The summed E-state index contributed by atoms with van der Waals surface area (Å²) in [5.41, 5.74) is 1.14. The number of ether oxygens (including phenoxy) is 1. The first-order valence-electron chi connectivity index (χ1n) is 6.11. The number of rotatable bonds is 5. The highest BCUT2D eigenvalue weighted by atomic mass is 35.5. The molecule has 0 aromatic heterocycles. The Morgan fingerprint density at radius 2 is 1.65 bits per heavy atom. The molecule has 20 heavy (non-hydrogen) atoms. The van der Waals surface area contributed by atoms with Gasteiger partial charge in [0.1, 0.15) is 6.61 Å². The van der Waals surface area contributed by atoms with Gasteiger partial charge in [-0.15, -0.1) is 0 Å². The Labute approximate surface area is 133 Å². The minimum absolute atomic E-state index is 0.0546. The van der Waals surface area contributed by atoms with Crippen molar-refractivity contribution in [1.82, 2.24) is 5.32 Å². The van der Waals surface area contributed by atoms with Crippen molar-refractivity contribution in [3.8, 4) is 5.75 Å². The average molecular weight is 331 g/mol. The Balaban J connectivity index is 2.12. The Morgan fingerprint density at radius 1 is 1.05 bits per heavy atom. The van der Waals surface area contributed by atoms with E-state index in [0.29, 0.717) is 27.4 Å². The van der Waals surface area contributed by atoms with Crippen molar-refractivity contribution in [3.05, 3.63) is 63.1 Å². The Kier molecular flexibility index (Phi) is 5.55. The number of hydrogen-bond donors (Lipinski definition) is 1. The summed E-state index contributed by atoms with van der Waals surface area (Å²) >= 11 is 18.1. The SMILES string of the molecule is CNC(COc1c(Cl)cc(Cl)cc1Cl)c1ccccc1. The summed E-state index contributed by atoms with van der Waals surface area (Å²) in [6.07, 6.45) is 0. The van der Waals surface area contributed by atoms with Crippen LogP contribution in [0.5, 0.6) is 5.75 Å². The van der Waals surface area contributed by atoms with E-state index in [0.717, 1.165) is 5.56 Å². The molecule has 0 fully saturated rings. The number of nitrogens with one attached hydrogen (secondary N) is 1. The fourth-order valence-electron chi connectivity index (χ4n) is 1.87. The number of likely N-dealkylation sites (N-methyl/N-ethyl adjacent to an activating group) is 1. The summed E-state index contributed by atoms with van der Waals surface area (Å²) < 4.78 is 5.74. The summed E-state index contributed by atoms with van der Waals surface area (Å²) in [7, 11) is 1.88. The minimum Gasteiger partial charge on any atom is -0.488 e. The van der Waals surface area contributed by atoms with Crippen LogP contribution in [-0.2, 0) is 0 Å². The van der Waals surface area contributed by atoms with Crippen LogP contribution in [-0.4, -0.2) is 13.7 Å². The summed E-state index contributed by atoms with van der Waals surface area (Å²) in [5.74, 6) is 0.453. The lowest BCUT2D eigenvalue weighted by Crippen LogP contribution is -2.23. The smallest absolute Gasteiger partial charge is 0.156 e. The quantitative estimate of drug-likeness (QED) is 0.834. The molecule has 0 bridgehead atoms. The zero-order chi connectivity index (χ0) is 14.5. The van der Waals surface area contributed by atoms with Crippen LogP contribution in [0.25, 0.3) is 0 Å². The van der Waals surface area contributed by atoms with E-state index in [1.165, 1.54) is 0 Å². The molecule has 0 saturated carbocycles. The fourth-order valence-corrected chi connectivity index (χ4v) is 2.79. The minimum atomic E-state index is 0.0546. The maximum atomic E-state index is 6.09. The van der Waals surface area contributed by atoms with Crippen LogP contribution in [0, 0.1) is 0 Å². The summed E-state index contributed by atoms with van der Waals surface area (Å²) in [4.78, 5) is 0. The molecule has 0 aliphatic rings. The van der Waals surface area contributed by atoms with Gasteiger partial charge < -0.3 is 10.1 Å². The van der Waals surface area contributed by atoms with Crippen molar-refractivity contribution < 1.29 is 4.74 Å². The normalized spacial score (nSPS) is 12.2. The van der Waals surface area contributed by atoms with E-state index in [9.17, 15) is 0 Å². The molecule has 0 aliphatic carbocycles. The molecular weight excluding hydrogens is 317 g/mol. The predicted octanol–water partition coefficient (Wildman–Crippen LogP) is 4.99. The molecule has 0 heterocycles. The van der Waals surface area contributed by atoms with Crippen molar-refractivity contribution in [2.45, 2.75) is 6.04 Å². The predicted molar refractivity (Wildman–Crippen MR) is 85.2 cm³/mol. The maximum absolute atomic E-state index is 6.09. The van der Waals surface area contributed by atoms with Gasteiger partial charge in [0, 0.05) is 5.02 Å². The number of halogens is 3. The van der Waals surface area contributed by atoms with Crippen molar-refractivity contribution >= 4 is 34.8 Å². The van der Waals surface area contributed by atoms with Gasteiger partial charge in [-0.1, -0.05) is 65.1 Å². The van der Waals surface area contributed by atoms with Gasteiger partial charge in [-0.05, 0) is 24.7 Å². The molecule has 2 aromatic rings. The molecule has 0 radical (unpaired) electrons. The van der Waals surface area contributed by atoms with Crippen LogP contribution in [0.1, 0.15) is 11.6 Å². The van der Waals surface area contributed by atoms with Crippen molar-refractivity contribution in [1.29, 1.82) is 0 Å². The zero-order valence-corrected chi connectivity index (χ0v) is 13.1. The molecule has 2 nitrogen and oxygen atoms in total. The molecule has 1 atom stereocenters. The van der Waals surface area contributed by atoms with Gasteiger partial charge in [-0.25, -0.2) is 0 Å². The van der Waals surface area contributed by atoms with Crippen LogP contribution in [0.15, 0.2) is 42.5 Å². The van der Waals surface area contributed by atoms with Crippen LogP contribution in [0.4, 0.5) is 0 Å². The number of hydrogen-bond acceptors (Lipinski definition) is 2. The van der Waals surface area contributed by atoms with Gasteiger partial charge >= 0.3 is 0 Å². The van der Waals surface area contributed by atoms with Gasteiger partial charge in [-0.3, -0.25) is 0 Å². The van der Waals surface area contributed by atoms with E-state index in [1.54, 1.807) is 12.1 Å². The monoisotopic (exact) mass is 329 g/mol. The van der Waals surface area contributed by atoms with E-state index in [4.69, 9.17) is 39.5 Å². The lowest BCUT2D eigenvalue weighted by atomic mass is 10.1. The number of benzene rings is 2. The third-order valence-corrected chi connectivity index (χ3v) is 3.69. The molecule has 0 spiro atoms. The highest BCUT2D eigenvalue weighted by molar-refractivity contribution is 6.40. The lowest BCUT2D eigenvalue weighted by Gasteiger charge is -2.18. The first kappa shape index (κ1) is 15.5. The third-order valence-electron chi connectivity index (χ3n) is 2.91. The third kappa shape index (κ3) is 3.80. The Bertz CT molecular complexity index is 552. The van der Waals surface area contributed by atoms with Crippen molar-refractivity contribution in [3.63, 3.8) is 0 Å². The van der Waals surface area contributed by atoms with Crippen LogP contribution >= 0.6 is 34.8 Å². The van der Waals surface area contributed by atoms with Crippen molar-refractivity contribution in [2.75, 3.05) is 13.7 Å². The van der Waals surface area contributed by atoms with Crippen LogP contribution < -0.4 is 10.1 Å². The van der Waals surface area contributed by atoms with E-state index in [1.807, 2.05) is 37.4 Å². The topological polar surface area (TPSA) is 21.3 Å². The highest BCUT2D eigenvalue weighted by Crippen LogP contribution is 2.36. The van der Waals surface area contributed by atoms with Gasteiger partial charge in [0.2, 0.25) is 0 Å². The lowest BCUT2D eigenvalue weighted by molar-refractivity contribution is 0.273. The van der Waals surface area contributed by atoms with Gasteiger partial charge in [0.15, 0.2) is 5.75 Å². The zero-order valence-electron chi connectivity index (χ0n) is 10.9. The van der Waals surface area contributed by atoms with E-state index in [2.05, 4.69) is 5.32 Å². The highest BCUT2D eigenvalue weighted by Gasteiger charge is 2.13. The second kappa shape index (κ2) is 7.19. The molecule has 5 heteroatoms. The second-order valence-electron chi connectivity index (χ2n) is 4.26. The molecular formula is C15H14Cl3NO. The summed E-state index contributed by atoms with van der Waals surface area (Å²) in [6, 6.07) is 13.3. The molecule has 1 unspecified atom stereocenters. The Hall–Kier alpha value is -0.930. The molecule has 0 saturated heterocycles. The first-order valence-corrected chi connectivity index (χ1v) is 7.24.